The minimum Gasteiger partial charge on any atom is -0.493 e. The van der Waals surface area contributed by atoms with Crippen LogP contribution in [0.4, 0.5) is 4.79 Å². The number of hydrogen-bond donors (Lipinski definition) is 0. The molecule has 23 heavy (non-hydrogen) atoms. The molecular weight excluding hydrogens is 298 g/mol. The van der Waals surface area contributed by atoms with Crippen molar-refractivity contribution in [2.45, 2.75) is 39.2 Å². The Morgan fingerprint density at radius 2 is 1.65 bits per heavy atom. The van der Waals surface area contributed by atoms with Gasteiger partial charge in [-0.3, -0.25) is 4.79 Å². The molecule has 0 fully saturated rings. The number of fused-ring (bicyclic) bond motifs is 1. The molecule has 1 aromatic carbocycles. The molecule has 1 heterocycles. The van der Waals surface area contributed by atoms with E-state index in [0.29, 0.717) is 17.9 Å². The minimum absolute atomic E-state index is 0.134. The Bertz CT molecular complexity index is 618. The van der Waals surface area contributed by atoms with Gasteiger partial charge in [-0.25, -0.2) is 9.69 Å². The maximum atomic E-state index is 12.4. The van der Waals surface area contributed by atoms with Crippen LogP contribution in [0.25, 0.3) is 0 Å². The highest BCUT2D eigenvalue weighted by molar-refractivity contribution is 5.94. The second-order valence-electron chi connectivity index (χ2n) is 6.43. The van der Waals surface area contributed by atoms with Crippen molar-refractivity contribution in [2.24, 2.45) is 0 Å². The number of ether oxygens (including phenoxy) is 3. The molecule has 6 heteroatoms. The van der Waals surface area contributed by atoms with Crippen molar-refractivity contribution >= 4 is 12.0 Å². The van der Waals surface area contributed by atoms with Gasteiger partial charge in [0.1, 0.15) is 5.60 Å². The smallest absolute Gasteiger partial charge is 0.417 e. The number of nitrogens with zero attached hydrogens (tertiary/aromatic N) is 1. The van der Waals surface area contributed by atoms with Gasteiger partial charge in [0, 0.05) is 6.54 Å². The summed E-state index contributed by atoms with van der Waals surface area (Å²) in [5.41, 5.74) is 1.18. The minimum atomic E-state index is -0.636. The summed E-state index contributed by atoms with van der Waals surface area (Å²) >= 11 is 0. The quantitative estimate of drug-likeness (QED) is 0.837. The summed E-state index contributed by atoms with van der Waals surface area (Å²) in [7, 11) is 3.12. The molecule has 0 atom stereocenters. The number of carbonyl (C=O) groups is 2. The lowest BCUT2D eigenvalue weighted by atomic mass is 10.0. The Morgan fingerprint density at radius 3 is 2.17 bits per heavy atom. The average molecular weight is 321 g/mol. The number of methoxy groups -OCH3 is 2. The van der Waals surface area contributed by atoms with Crippen molar-refractivity contribution in [3.8, 4) is 11.5 Å². The zero-order chi connectivity index (χ0) is 17.2. The highest BCUT2D eigenvalue weighted by Gasteiger charge is 2.30. The second-order valence-corrected chi connectivity index (χ2v) is 6.43. The summed E-state index contributed by atoms with van der Waals surface area (Å²) < 4.78 is 15.9. The van der Waals surface area contributed by atoms with Crippen LogP contribution in [0.2, 0.25) is 0 Å². The number of hydrogen-bond acceptors (Lipinski definition) is 5. The van der Waals surface area contributed by atoms with Gasteiger partial charge >= 0.3 is 6.09 Å². The lowest BCUT2D eigenvalue weighted by Crippen LogP contribution is -2.41. The Hall–Kier alpha value is -2.24. The maximum absolute atomic E-state index is 12.4. The molecule has 1 aliphatic heterocycles. The van der Waals surface area contributed by atoms with Crippen LogP contribution in [0.5, 0.6) is 11.5 Å². The monoisotopic (exact) mass is 321 g/mol. The van der Waals surface area contributed by atoms with Gasteiger partial charge in [-0.2, -0.15) is 0 Å². The zero-order valence-electron chi connectivity index (χ0n) is 14.3. The van der Waals surface area contributed by atoms with Gasteiger partial charge in [-0.15, -0.1) is 0 Å². The summed E-state index contributed by atoms with van der Waals surface area (Å²) in [6.07, 6.45) is 0.0875. The number of amides is 2. The predicted molar refractivity (Wildman–Crippen MR) is 84.9 cm³/mol. The normalized spacial score (nSPS) is 14.8. The Kier molecular flexibility index (Phi) is 4.82. The Balaban J connectivity index is 2.26. The van der Waals surface area contributed by atoms with E-state index in [2.05, 4.69) is 0 Å². The first-order valence-electron chi connectivity index (χ1n) is 7.52. The summed E-state index contributed by atoms with van der Waals surface area (Å²) in [5.74, 6) is 0.916. The largest absolute Gasteiger partial charge is 0.493 e. The van der Waals surface area contributed by atoms with Crippen molar-refractivity contribution in [1.82, 2.24) is 4.90 Å². The van der Waals surface area contributed by atoms with Crippen molar-refractivity contribution in [1.29, 1.82) is 0 Å². The summed E-state index contributed by atoms with van der Waals surface area (Å²) in [5, 5.41) is 0. The molecule has 126 valence electrons. The van der Waals surface area contributed by atoms with E-state index in [-0.39, 0.29) is 18.9 Å². The van der Waals surface area contributed by atoms with Gasteiger partial charge in [0.05, 0.1) is 20.6 Å². The molecule has 2 amide bonds. The third-order valence-electron chi connectivity index (χ3n) is 3.57. The maximum Gasteiger partial charge on any atom is 0.417 e. The lowest BCUT2D eigenvalue weighted by Gasteiger charge is -2.25. The van der Waals surface area contributed by atoms with Crippen LogP contribution >= 0.6 is 0 Å². The van der Waals surface area contributed by atoms with Gasteiger partial charge in [-0.1, -0.05) is 0 Å². The predicted octanol–water partition coefficient (Wildman–Crippen LogP) is 2.57. The Labute approximate surface area is 136 Å². The van der Waals surface area contributed by atoms with Gasteiger partial charge < -0.3 is 14.2 Å². The number of benzene rings is 1. The van der Waals surface area contributed by atoms with E-state index in [9.17, 15) is 9.59 Å². The molecule has 0 saturated carbocycles. The third-order valence-corrected chi connectivity index (χ3v) is 3.57. The van der Waals surface area contributed by atoms with Crippen molar-refractivity contribution in [2.75, 3.05) is 20.8 Å². The van der Waals surface area contributed by atoms with Crippen molar-refractivity contribution in [3.63, 3.8) is 0 Å². The van der Waals surface area contributed by atoms with E-state index in [4.69, 9.17) is 14.2 Å². The fraction of sp³-hybridized carbons (Fsp3) is 0.529. The topological polar surface area (TPSA) is 65.1 Å². The molecule has 2 rings (SSSR count). The van der Waals surface area contributed by atoms with Crippen molar-refractivity contribution in [3.05, 3.63) is 23.3 Å². The van der Waals surface area contributed by atoms with Gasteiger partial charge in [-0.05, 0) is 50.5 Å². The first-order chi connectivity index (χ1) is 10.7. The second kappa shape index (κ2) is 6.48. The van der Waals surface area contributed by atoms with Gasteiger partial charge in [0.2, 0.25) is 5.91 Å². The fourth-order valence-electron chi connectivity index (χ4n) is 2.49. The number of carbonyl (C=O) groups excluding carboxylic acids is 2. The third kappa shape index (κ3) is 3.94. The van der Waals surface area contributed by atoms with Gasteiger partial charge in [0.15, 0.2) is 11.5 Å². The first kappa shape index (κ1) is 17.1. The van der Waals surface area contributed by atoms with E-state index in [1.807, 2.05) is 6.07 Å². The molecule has 0 saturated heterocycles. The summed E-state index contributed by atoms with van der Waals surface area (Å²) in [6.45, 7) is 5.61. The molecule has 6 nitrogen and oxygen atoms in total. The molecule has 0 unspecified atom stereocenters. The van der Waals surface area contributed by atoms with Crippen LogP contribution in [-0.2, 0) is 22.4 Å². The summed E-state index contributed by atoms with van der Waals surface area (Å²) in [6, 6.07) is 3.66. The number of imide groups is 1. The molecule has 1 aromatic rings. The molecule has 0 aromatic heterocycles. The SMILES string of the molecule is COc1cc2c(cc1OC)CC(=O)N(C(=O)OC(C)(C)C)CC2. The van der Waals surface area contributed by atoms with E-state index in [1.165, 1.54) is 4.90 Å². The molecule has 0 radical (unpaired) electrons. The van der Waals surface area contributed by atoms with Crippen molar-refractivity contribution < 1.29 is 23.8 Å². The van der Waals surface area contributed by atoms with Gasteiger partial charge in [0.25, 0.3) is 0 Å². The fourth-order valence-corrected chi connectivity index (χ4v) is 2.49. The average Bonchev–Trinajstić information content (AvgIpc) is 2.61. The van der Waals surface area contributed by atoms with E-state index in [1.54, 1.807) is 41.1 Å². The van der Waals surface area contributed by atoms with E-state index in [0.717, 1.165) is 11.1 Å². The van der Waals surface area contributed by atoms with Crippen LogP contribution in [0.1, 0.15) is 31.9 Å². The van der Waals surface area contributed by atoms with Crippen LogP contribution < -0.4 is 9.47 Å². The molecule has 0 spiro atoms. The van der Waals surface area contributed by atoms with Crippen LogP contribution in [0.3, 0.4) is 0 Å². The molecule has 1 aliphatic rings. The number of rotatable bonds is 2. The molecule has 0 bridgehead atoms. The molecule has 0 aliphatic carbocycles. The molecular formula is C17H23NO5. The highest BCUT2D eigenvalue weighted by atomic mass is 16.6. The Morgan fingerprint density at radius 1 is 1.09 bits per heavy atom. The van der Waals surface area contributed by atoms with E-state index >= 15 is 0 Å². The standard InChI is InChI=1S/C17H23NO5/c1-17(2,3)23-16(20)18-7-6-11-8-13(21-4)14(22-5)9-12(11)10-15(18)19/h8-9H,6-7,10H2,1-5H3. The zero-order valence-corrected chi connectivity index (χ0v) is 14.3. The van der Waals surface area contributed by atoms with Crippen LogP contribution in [0, 0.1) is 0 Å². The molecule has 0 N–H and O–H groups in total. The highest BCUT2D eigenvalue weighted by Crippen LogP contribution is 2.32. The van der Waals surface area contributed by atoms with Crippen LogP contribution in [-0.4, -0.2) is 43.3 Å². The first-order valence-corrected chi connectivity index (χ1v) is 7.52. The lowest BCUT2D eigenvalue weighted by molar-refractivity contribution is -0.129. The van der Waals surface area contributed by atoms with E-state index < -0.39 is 11.7 Å². The van der Waals surface area contributed by atoms with Crippen LogP contribution in [0.15, 0.2) is 12.1 Å². The summed E-state index contributed by atoms with van der Waals surface area (Å²) in [4.78, 5) is 25.8.